The lowest BCUT2D eigenvalue weighted by Gasteiger charge is -2.13. The van der Waals surface area contributed by atoms with E-state index in [4.69, 9.17) is 0 Å². The summed E-state index contributed by atoms with van der Waals surface area (Å²) in [5.74, 6) is -0.0735. The molecule has 0 aliphatic rings. The number of imidazole rings is 1. The van der Waals surface area contributed by atoms with Gasteiger partial charge in [0, 0.05) is 4.88 Å². The van der Waals surface area contributed by atoms with Crippen LogP contribution in [0.3, 0.4) is 0 Å². The number of thioether (sulfide) groups is 1. The van der Waals surface area contributed by atoms with Crippen LogP contribution in [0.2, 0.25) is 0 Å². The minimum absolute atomic E-state index is 0.0735. The van der Waals surface area contributed by atoms with Crippen molar-refractivity contribution in [2.75, 3.05) is 0 Å². The number of nitrogens with one attached hydrogen (secondary N) is 3. The lowest BCUT2D eigenvalue weighted by molar-refractivity contribution is -0.120. The first-order valence-corrected chi connectivity index (χ1v) is 8.83. The molecule has 1 atom stereocenters. The number of amides is 1. The number of hydrogen-bond acceptors (Lipinski definition) is 6. The molecular formula is C14H15N5O2S2. The van der Waals surface area contributed by atoms with E-state index in [-0.39, 0.29) is 16.7 Å². The van der Waals surface area contributed by atoms with Crippen LogP contribution >= 0.6 is 23.1 Å². The van der Waals surface area contributed by atoms with E-state index in [1.54, 1.807) is 11.3 Å². The standard InChI is InChI=1S/C14H15N5O2S2/c1-2-9(12(20)15-6-8-4-3-5-22-8)23-14-18-11-10(13(21)19-14)16-7-17-11/h3-5,7,9H,2,6H2,1H3,(H,15,20)(H2,16,17,18,19,21)/t9-/m1/s1. The number of hydrogen-bond donors (Lipinski definition) is 3. The Kier molecular flexibility index (Phi) is 4.77. The number of thiophene rings is 1. The zero-order valence-electron chi connectivity index (χ0n) is 12.3. The van der Waals surface area contributed by atoms with E-state index < -0.39 is 0 Å². The Labute approximate surface area is 139 Å². The molecule has 3 heterocycles. The maximum absolute atomic E-state index is 12.3. The van der Waals surface area contributed by atoms with E-state index in [0.29, 0.717) is 29.3 Å². The van der Waals surface area contributed by atoms with Crippen LogP contribution in [0.4, 0.5) is 0 Å². The smallest absolute Gasteiger partial charge is 0.277 e. The third-order valence-electron chi connectivity index (χ3n) is 3.21. The summed E-state index contributed by atoms with van der Waals surface area (Å²) < 4.78 is 0. The monoisotopic (exact) mass is 349 g/mol. The van der Waals surface area contributed by atoms with Crippen LogP contribution in [0.25, 0.3) is 11.2 Å². The molecule has 0 aliphatic carbocycles. The van der Waals surface area contributed by atoms with Crippen molar-refractivity contribution in [3.8, 4) is 0 Å². The largest absolute Gasteiger partial charge is 0.350 e. The molecule has 3 aromatic heterocycles. The number of aromatic amines is 2. The molecule has 3 aromatic rings. The van der Waals surface area contributed by atoms with Gasteiger partial charge in [0.2, 0.25) is 5.91 Å². The van der Waals surface area contributed by atoms with E-state index in [1.165, 1.54) is 18.1 Å². The van der Waals surface area contributed by atoms with Crippen molar-refractivity contribution < 1.29 is 4.79 Å². The molecule has 7 nitrogen and oxygen atoms in total. The molecule has 0 saturated heterocycles. The summed E-state index contributed by atoms with van der Waals surface area (Å²) in [6, 6.07) is 3.93. The molecule has 1 amide bonds. The van der Waals surface area contributed by atoms with Gasteiger partial charge in [0.25, 0.3) is 5.56 Å². The summed E-state index contributed by atoms with van der Waals surface area (Å²) >= 11 is 2.84. The topological polar surface area (TPSA) is 104 Å². The first-order chi connectivity index (χ1) is 11.2. The van der Waals surface area contributed by atoms with Gasteiger partial charge in [0.15, 0.2) is 16.3 Å². The highest BCUT2D eigenvalue weighted by Gasteiger charge is 2.20. The van der Waals surface area contributed by atoms with Crippen molar-refractivity contribution >= 4 is 40.2 Å². The maximum atomic E-state index is 12.3. The molecule has 9 heteroatoms. The van der Waals surface area contributed by atoms with Crippen molar-refractivity contribution in [3.05, 3.63) is 39.1 Å². The minimum atomic E-state index is -0.325. The molecule has 3 N–H and O–H groups in total. The highest BCUT2D eigenvalue weighted by atomic mass is 32.2. The van der Waals surface area contributed by atoms with Gasteiger partial charge in [-0.1, -0.05) is 24.8 Å². The lowest BCUT2D eigenvalue weighted by Crippen LogP contribution is -2.32. The molecule has 0 fully saturated rings. The molecule has 120 valence electrons. The van der Waals surface area contributed by atoms with Crippen LogP contribution < -0.4 is 10.9 Å². The Morgan fingerprint density at radius 1 is 1.52 bits per heavy atom. The number of carbonyl (C=O) groups is 1. The number of aromatic nitrogens is 4. The van der Waals surface area contributed by atoms with E-state index in [9.17, 15) is 9.59 Å². The first-order valence-electron chi connectivity index (χ1n) is 7.07. The van der Waals surface area contributed by atoms with Crippen LogP contribution in [0.5, 0.6) is 0 Å². The molecule has 3 rings (SSSR count). The Morgan fingerprint density at radius 3 is 3.13 bits per heavy atom. The number of H-pyrrole nitrogens is 2. The normalized spacial score (nSPS) is 12.4. The fraction of sp³-hybridized carbons (Fsp3) is 0.286. The second-order valence-electron chi connectivity index (χ2n) is 4.78. The molecule has 0 unspecified atom stereocenters. The average molecular weight is 349 g/mol. The Morgan fingerprint density at radius 2 is 2.39 bits per heavy atom. The van der Waals surface area contributed by atoms with Crippen molar-refractivity contribution in [1.29, 1.82) is 0 Å². The van der Waals surface area contributed by atoms with Crippen LogP contribution in [0.15, 0.2) is 33.8 Å². The van der Waals surface area contributed by atoms with Crippen LogP contribution in [0.1, 0.15) is 18.2 Å². The van der Waals surface area contributed by atoms with E-state index in [2.05, 4.69) is 25.3 Å². The molecule has 0 saturated carbocycles. The fourth-order valence-corrected chi connectivity index (χ4v) is 3.60. The van der Waals surface area contributed by atoms with Crippen LogP contribution in [-0.2, 0) is 11.3 Å². The number of rotatable bonds is 6. The molecule has 0 aromatic carbocycles. The Bertz CT molecular complexity index is 856. The lowest BCUT2D eigenvalue weighted by atomic mass is 10.3. The van der Waals surface area contributed by atoms with Crippen molar-refractivity contribution in [1.82, 2.24) is 25.3 Å². The summed E-state index contributed by atoms with van der Waals surface area (Å²) in [5.41, 5.74) is 0.401. The van der Waals surface area contributed by atoms with E-state index >= 15 is 0 Å². The number of carbonyl (C=O) groups excluding carboxylic acids is 1. The average Bonchev–Trinajstić information content (AvgIpc) is 3.21. The Balaban J connectivity index is 1.69. The van der Waals surface area contributed by atoms with Crippen molar-refractivity contribution in [2.24, 2.45) is 0 Å². The van der Waals surface area contributed by atoms with Gasteiger partial charge < -0.3 is 10.3 Å². The second-order valence-corrected chi connectivity index (χ2v) is 7.01. The van der Waals surface area contributed by atoms with Gasteiger partial charge in [-0.25, -0.2) is 9.97 Å². The summed E-state index contributed by atoms with van der Waals surface area (Å²) in [4.78, 5) is 39.0. The fourth-order valence-electron chi connectivity index (χ4n) is 2.04. The second kappa shape index (κ2) is 6.97. The van der Waals surface area contributed by atoms with Gasteiger partial charge in [-0.2, -0.15) is 0 Å². The third-order valence-corrected chi connectivity index (χ3v) is 5.33. The van der Waals surface area contributed by atoms with Gasteiger partial charge in [-0.05, 0) is 17.9 Å². The van der Waals surface area contributed by atoms with Crippen molar-refractivity contribution in [2.45, 2.75) is 30.3 Å². The molecule has 0 aliphatic heterocycles. The summed E-state index contributed by atoms with van der Waals surface area (Å²) in [6.45, 7) is 2.43. The Hall–Kier alpha value is -2.13. The van der Waals surface area contributed by atoms with Gasteiger partial charge in [0.1, 0.15) is 0 Å². The summed E-state index contributed by atoms with van der Waals surface area (Å²) in [7, 11) is 0. The third kappa shape index (κ3) is 3.62. The zero-order chi connectivity index (χ0) is 16.2. The molecule has 0 bridgehead atoms. The first kappa shape index (κ1) is 15.8. The molecule has 23 heavy (non-hydrogen) atoms. The maximum Gasteiger partial charge on any atom is 0.277 e. The predicted octanol–water partition coefficient (Wildman–Crippen LogP) is 1.89. The SMILES string of the molecule is CC[C@@H](Sc1nc2nc[nH]c2c(=O)[nH]1)C(=O)NCc1cccs1. The van der Waals surface area contributed by atoms with Gasteiger partial charge in [-0.15, -0.1) is 11.3 Å². The highest BCUT2D eigenvalue weighted by Crippen LogP contribution is 2.22. The van der Waals surface area contributed by atoms with Crippen LogP contribution in [-0.4, -0.2) is 31.1 Å². The molecule has 0 radical (unpaired) electrons. The van der Waals surface area contributed by atoms with Gasteiger partial charge in [0.05, 0.1) is 18.1 Å². The minimum Gasteiger partial charge on any atom is -0.350 e. The van der Waals surface area contributed by atoms with E-state index in [0.717, 1.165) is 4.88 Å². The molecule has 0 spiro atoms. The summed E-state index contributed by atoms with van der Waals surface area (Å²) in [5, 5.41) is 4.96. The number of fused-ring (bicyclic) bond motifs is 1. The van der Waals surface area contributed by atoms with E-state index in [1.807, 2.05) is 24.4 Å². The van der Waals surface area contributed by atoms with Gasteiger partial charge >= 0.3 is 0 Å². The number of nitrogens with zero attached hydrogens (tertiary/aromatic N) is 2. The summed E-state index contributed by atoms with van der Waals surface area (Å²) in [6.07, 6.45) is 2.05. The van der Waals surface area contributed by atoms with Gasteiger partial charge in [-0.3, -0.25) is 14.6 Å². The predicted molar refractivity (Wildman–Crippen MR) is 90.6 cm³/mol. The molecular weight excluding hydrogens is 334 g/mol. The highest BCUT2D eigenvalue weighted by molar-refractivity contribution is 8.00. The quantitative estimate of drug-likeness (QED) is 0.466. The van der Waals surface area contributed by atoms with Crippen LogP contribution in [0, 0.1) is 0 Å². The zero-order valence-corrected chi connectivity index (χ0v) is 14.0. The van der Waals surface area contributed by atoms with Crippen molar-refractivity contribution in [3.63, 3.8) is 0 Å².